The first-order valence-electron chi connectivity index (χ1n) is 12.1. The standard InChI is InChI=1S/C26H28F2IN5O4/c1-34-21(7-10-31-34)25(36)33-23(29-8-5-16(27)6-9-29)26-32-20-11-15(3-4-22(20)38-26)19(14-37-2)18-12-17(28)13-30-24(18)35/h3-4,7,10-13,16,19,23H,5-6,8-9,14H2,1-2H3,(H,30,35)(H,33,36)/q-1/t19-,23-/m1/s1. The number of hydrogen-bond acceptors (Lipinski definition) is 6. The maximum absolute atomic E-state index is 13.9. The molecule has 2 N–H and O–H groups in total. The normalized spacial score (nSPS) is 17.0. The summed E-state index contributed by atoms with van der Waals surface area (Å²) in [5.41, 5.74) is 2.02. The number of rotatable bonds is 8. The van der Waals surface area contributed by atoms with Crippen molar-refractivity contribution in [3.8, 4) is 0 Å². The van der Waals surface area contributed by atoms with E-state index >= 15 is 0 Å². The molecule has 1 amide bonds. The Morgan fingerprint density at radius 3 is 2.82 bits per heavy atom. The van der Waals surface area contributed by atoms with Crippen molar-refractivity contribution < 1.29 is 42.5 Å². The number of aryl methyl sites for hydroxylation is 1. The molecule has 2 atom stereocenters. The number of oxazole rings is 1. The van der Waals surface area contributed by atoms with Crippen molar-refractivity contribution in [2.24, 2.45) is 7.05 Å². The number of benzene rings is 1. The van der Waals surface area contributed by atoms with E-state index in [0.717, 1.165) is 15.1 Å². The molecule has 0 saturated carbocycles. The van der Waals surface area contributed by atoms with Gasteiger partial charge in [0, 0.05) is 0 Å². The maximum atomic E-state index is 13.9. The average Bonchev–Trinajstić information content (AvgIpc) is 3.53. The van der Waals surface area contributed by atoms with Crippen molar-refractivity contribution in [1.29, 1.82) is 0 Å². The van der Waals surface area contributed by atoms with Gasteiger partial charge in [-0.25, -0.2) is 0 Å². The number of nitrogens with zero attached hydrogens (tertiary/aromatic N) is 3. The predicted molar refractivity (Wildman–Crippen MR) is 132 cm³/mol. The summed E-state index contributed by atoms with van der Waals surface area (Å²) >= 11 is -1.92. The Hall–Kier alpha value is -3.13. The monoisotopic (exact) mass is 639 g/mol. The molecule has 12 heteroatoms. The molecule has 9 nitrogen and oxygen atoms in total. The average molecular weight is 639 g/mol. The predicted octanol–water partition coefficient (Wildman–Crippen LogP) is 0.352. The minimum atomic E-state index is -1.92. The van der Waals surface area contributed by atoms with Crippen LogP contribution in [-0.4, -0.2) is 54.4 Å². The number of aromatic amines is 1. The molecule has 4 heterocycles. The van der Waals surface area contributed by atoms with Crippen LogP contribution in [0.3, 0.4) is 0 Å². The SMILES string of the molecule is COC[C@H](c1ccc2oc([C@@H](NC(=O)c3ccnn3C)[I-]3CCC(F)CC3)nc2c1)c1cc(F)c[nH]c1=O. The van der Waals surface area contributed by atoms with Gasteiger partial charge in [0.15, 0.2) is 0 Å². The molecule has 5 rings (SSSR count). The number of fused-ring (bicyclic) bond motifs is 1. The fourth-order valence-corrected chi connectivity index (χ4v) is 11.1. The van der Waals surface area contributed by atoms with E-state index in [9.17, 15) is 18.4 Å². The van der Waals surface area contributed by atoms with Gasteiger partial charge < -0.3 is 0 Å². The Balaban J connectivity index is 1.50. The second kappa shape index (κ2) is 11.3. The number of amides is 1. The van der Waals surface area contributed by atoms with Crippen molar-refractivity contribution in [2.45, 2.75) is 29.0 Å². The van der Waals surface area contributed by atoms with E-state index in [1.54, 1.807) is 37.5 Å². The van der Waals surface area contributed by atoms with Crippen molar-refractivity contribution in [3.05, 3.63) is 81.6 Å². The first-order valence-corrected chi connectivity index (χ1v) is 16.4. The molecular formula is C26H28F2IN5O4-. The van der Waals surface area contributed by atoms with Gasteiger partial charge in [-0.15, -0.1) is 0 Å². The van der Waals surface area contributed by atoms with E-state index < -0.39 is 47.3 Å². The molecule has 1 saturated heterocycles. The van der Waals surface area contributed by atoms with Crippen molar-refractivity contribution >= 4 is 17.0 Å². The summed E-state index contributed by atoms with van der Waals surface area (Å²) in [6.07, 6.45) is 2.72. The second-order valence-corrected chi connectivity index (χ2v) is 15.4. The van der Waals surface area contributed by atoms with E-state index in [1.807, 2.05) is 0 Å². The zero-order chi connectivity index (χ0) is 26.8. The second-order valence-electron chi connectivity index (χ2n) is 9.12. The zero-order valence-electron chi connectivity index (χ0n) is 20.9. The Bertz CT molecular complexity index is 1490. The number of alkyl halides is 4. The van der Waals surface area contributed by atoms with Crippen molar-refractivity contribution in [2.75, 3.05) is 22.6 Å². The van der Waals surface area contributed by atoms with Crippen LogP contribution in [0.2, 0.25) is 0 Å². The van der Waals surface area contributed by atoms with Crippen LogP contribution < -0.4 is 30.7 Å². The van der Waals surface area contributed by atoms with Gasteiger partial charge in [-0.05, 0) is 0 Å². The number of methoxy groups -OCH3 is 1. The zero-order valence-corrected chi connectivity index (χ0v) is 23.1. The van der Waals surface area contributed by atoms with Gasteiger partial charge in [-0.1, -0.05) is 0 Å². The van der Waals surface area contributed by atoms with Crippen LogP contribution in [0.15, 0.2) is 51.9 Å². The molecule has 0 bridgehead atoms. The molecule has 1 radical (unpaired) electrons. The van der Waals surface area contributed by atoms with Crippen LogP contribution in [-0.2, 0) is 11.8 Å². The van der Waals surface area contributed by atoms with Gasteiger partial charge in [0.25, 0.3) is 0 Å². The Kier molecular flexibility index (Phi) is 7.88. The number of carbonyl (C=O) groups excluding carboxylic acids is 1. The van der Waals surface area contributed by atoms with E-state index in [1.165, 1.54) is 17.9 Å². The molecule has 1 aliphatic heterocycles. The molecule has 38 heavy (non-hydrogen) atoms. The molecule has 0 unspecified atom stereocenters. The topological polar surface area (TPSA) is 115 Å². The van der Waals surface area contributed by atoms with Crippen LogP contribution in [0.4, 0.5) is 8.78 Å². The van der Waals surface area contributed by atoms with E-state index in [2.05, 4.69) is 15.4 Å². The van der Waals surface area contributed by atoms with Crippen LogP contribution in [0.1, 0.15) is 50.3 Å². The summed E-state index contributed by atoms with van der Waals surface area (Å²) in [7, 11) is 3.21. The van der Waals surface area contributed by atoms with Crippen LogP contribution in [0.5, 0.6) is 0 Å². The number of hydrogen-bond donors (Lipinski definition) is 2. The number of H-pyrrole nitrogens is 1. The first kappa shape index (κ1) is 26.5. The summed E-state index contributed by atoms with van der Waals surface area (Å²) in [6.45, 7) is 0.159. The summed E-state index contributed by atoms with van der Waals surface area (Å²) in [5.74, 6) is -0.976. The van der Waals surface area contributed by atoms with E-state index in [4.69, 9.17) is 14.1 Å². The minimum absolute atomic E-state index is 0.159. The van der Waals surface area contributed by atoms with E-state index in [0.29, 0.717) is 41.1 Å². The number of pyridine rings is 1. The Morgan fingerprint density at radius 1 is 1.32 bits per heavy atom. The van der Waals surface area contributed by atoms with Crippen LogP contribution >= 0.6 is 0 Å². The molecule has 0 aliphatic carbocycles. The first-order chi connectivity index (χ1) is 18.3. The van der Waals surface area contributed by atoms with Gasteiger partial charge in [0.2, 0.25) is 0 Å². The quantitative estimate of drug-likeness (QED) is 0.164. The number of halogens is 3. The van der Waals surface area contributed by atoms with Gasteiger partial charge in [-0.3, -0.25) is 0 Å². The van der Waals surface area contributed by atoms with Gasteiger partial charge in [0.1, 0.15) is 0 Å². The molecule has 1 aromatic carbocycles. The fourth-order valence-electron chi connectivity index (χ4n) is 4.58. The summed E-state index contributed by atoms with van der Waals surface area (Å²) < 4.78 is 41.9. The third-order valence-corrected chi connectivity index (χ3v) is 13.2. The van der Waals surface area contributed by atoms with Gasteiger partial charge in [0.05, 0.1) is 0 Å². The number of carbonyl (C=O) groups is 1. The molecule has 1 fully saturated rings. The fraction of sp³-hybridized carbons (Fsp3) is 0.385. The van der Waals surface area contributed by atoms with E-state index in [-0.39, 0.29) is 18.1 Å². The molecule has 203 valence electrons. The third kappa shape index (κ3) is 5.51. The Labute approximate surface area is 224 Å². The van der Waals surface area contributed by atoms with Crippen molar-refractivity contribution in [3.63, 3.8) is 0 Å². The number of aromatic nitrogens is 4. The summed E-state index contributed by atoms with van der Waals surface area (Å²) in [5, 5.41) is 7.18. The third-order valence-electron chi connectivity index (χ3n) is 6.60. The number of nitrogens with one attached hydrogen (secondary N) is 2. The molecule has 0 spiro atoms. The molecule has 4 aromatic rings. The Morgan fingerprint density at radius 2 is 2.11 bits per heavy atom. The molecule has 1 aliphatic rings. The van der Waals surface area contributed by atoms with Gasteiger partial charge >= 0.3 is 225 Å². The number of ether oxygens (including phenoxy) is 1. The van der Waals surface area contributed by atoms with Crippen LogP contribution in [0, 0.1) is 5.82 Å². The van der Waals surface area contributed by atoms with Gasteiger partial charge in [-0.2, -0.15) is 0 Å². The molecule has 3 aromatic heterocycles. The summed E-state index contributed by atoms with van der Waals surface area (Å²) in [4.78, 5) is 32.7. The summed E-state index contributed by atoms with van der Waals surface area (Å²) in [6, 6.07) is 8.18. The van der Waals surface area contributed by atoms with Crippen molar-refractivity contribution in [1.82, 2.24) is 25.1 Å². The van der Waals surface area contributed by atoms with Crippen LogP contribution in [0.25, 0.3) is 11.1 Å². The molecular weight excluding hydrogens is 611 g/mol.